The van der Waals surface area contributed by atoms with Gasteiger partial charge in [0.1, 0.15) is 35.4 Å². The maximum absolute atomic E-state index is 13.9. The lowest BCUT2D eigenvalue weighted by atomic mass is 9.76. The fourth-order valence-corrected chi connectivity index (χ4v) is 7.57. The number of ether oxygens (including phenoxy) is 5. The van der Waals surface area contributed by atoms with Gasteiger partial charge in [-0.15, -0.1) is 0 Å². The summed E-state index contributed by atoms with van der Waals surface area (Å²) in [6.07, 6.45) is -1.06. The number of unbranched alkanes of at least 4 members (excludes halogenated alkanes) is 3. The first kappa shape index (κ1) is 34.1. The summed E-state index contributed by atoms with van der Waals surface area (Å²) in [7, 11) is 3.18. The van der Waals surface area contributed by atoms with Crippen molar-refractivity contribution < 1.29 is 48.0 Å². The van der Waals surface area contributed by atoms with Crippen molar-refractivity contribution in [3.05, 3.63) is 95.6 Å². The summed E-state index contributed by atoms with van der Waals surface area (Å²) in [5.74, 6) is -2.38. The van der Waals surface area contributed by atoms with Gasteiger partial charge in [0.15, 0.2) is 6.10 Å². The fourth-order valence-electron chi connectivity index (χ4n) is 7.57. The van der Waals surface area contributed by atoms with Crippen molar-refractivity contribution in [3.8, 4) is 11.5 Å². The van der Waals surface area contributed by atoms with Crippen LogP contribution in [0.15, 0.2) is 78.9 Å². The van der Waals surface area contributed by atoms with Crippen LogP contribution in [0.25, 0.3) is 0 Å². The predicted octanol–water partition coefficient (Wildman–Crippen LogP) is 4.73. The summed E-state index contributed by atoms with van der Waals surface area (Å²) in [6, 6.07) is 24.7. The van der Waals surface area contributed by atoms with Crippen molar-refractivity contribution in [2.24, 2.45) is 11.8 Å². The second-order valence-electron chi connectivity index (χ2n) is 12.7. The van der Waals surface area contributed by atoms with E-state index in [1.807, 2.05) is 78.9 Å². The van der Waals surface area contributed by atoms with Crippen LogP contribution in [0.2, 0.25) is 0 Å². The maximum atomic E-state index is 13.9. The minimum atomic E-state index is -1.28. The van der Waals surface area contributed by atoms with E-state index >= 15 is 0 Å². The third-order valence-electron chi connectivity index (χ3n) is 9.79. The molecule has 6 rings (SSSR count). The molecule has 2 bridgehead atoms. The number of aliphatic carboxylic acids is 1. The van der Waals surface area contributed by atoms with Gasteiger partial charge in [-0.25, -0.2) is 0 Å². The molecule has 3 saturated heterocycles. The van der Waals surface area contributed by atoms with Crippen LogP contribution in [-0.2, 0) is 39.0 Å². The highest BCUT2D eigenvalue weighted by molar-refractivity contribution is 6.06. The van der Waals surface area contributed by atoms with Gasteiger partial charge in [0.2, 0.25) is 11.8 Å². The third-order valence-corrected chi connectivity index (χ3v) is 9.79. The number of imide groups is 1. The van der Waals surface area contributed by atoms with E-state index in [2.05, 4.69) is 0 Å². The Morgan fingerprint density at radius 3 is 1.76 bits per heavy atom. The zero-order valence-electron chi connectivity index (χ0n) is 27.8. The Hall–Kier alpha value is -4.74. The summed E-state index contributed by atoms with van der Waals surface area (Å²) in [5, 5.41) is 8.90. The monoisotopic (exact) mass is 671 g/mol. The zero-order valence-corrected chi connectivity index (χ0v) is 27.8. The van der Waals surface area contributed by atoms with Crippen LogP contribution >= 0.6 is 0 Å². The molecule has 3 heterocycles. The number of amides is 2. The average Bonchev–Trinajstić information content (AvgIpc) is 3.74. The van der Waals surface area contributed by atoms with E-state index in [0.29, 0.717) is 37.2 Å². The lowest BCUT2D eigenvalue weighted by Crippen LogP contribution is -2.54. The molecule has 1 N–H and O–H groups in total. The number of carbonyl (C=O) groups excluding carboxylic acids is 3. The van der Waals surface area contributed by atoms with E-state index < -0.39 is 53.8 Å². The van der Waals surface area contributed by atoms with Crippen LogP contribution < -0.4 is 9.47 Å². The van der Waals surface area contributed by atoms with Crippen LogP contribution in [0.3, 0.4) is 0 Å². The Bertz CT molecular complexity index is 1610. The molecule has 3 aliphatic heterocycles. The van der Waals surface area contributed by atoms with Gasteiger partial charge in [0.25, 0.3) is 0 Å². The molecular weight excluding hydrogens is 630 g/mol. The van der Waals surface area contributed by atoms with Crippen LogP contribution in [-0.4, -0.2) is 78.9 Å². The predicted molar refractivity (Wildman–Crippen MR) is 176 cm³/mol. The molecule has 3 fully saturated rings. The Morgan fingerprint density at radius 2 is 1.24 bits per heavy atom. The number of fused-ring (bicyclic) bond motifs is 5. The molecule has 11 heteroatoms. The number of methoxy groups -OCH3 is 2. The summed E-state index contributed by atoms with van der Waals surface area (Å²) in [4.78, 5) is 52.4. The molecule has 49 heavy (non-hydrogen) atoms. The van der Waals surface area contributed by atoms with Crippen molar-refractivity contribution in [3.63, 3.8) is 0 Å². The number of carboxylic acids is 1. The van der Waals surface area contributed by atoms with E-state index in [9.17, 15) is 19.2 Å². The lowest BCUT2D eigenvalue weighted by molar-refractivity contribution is -0.169. The number of esters is 1. The van der Waals surface area contributed by atoms with Gasteiger partial charge in [-0.05, 0) is 53.8 Å². The standard InChI is InChI=1S/C38H41NO10/c1-23(40)47-34-32-30-31(37(44)39(36(30)43)22-10-5-4-9-13-29(41)42)33(48-32)35(34)49-38(24-11-7-6-8-12-24,25-14-18-27(45-2)19-15-25)26-16-20-28(46-3)21-17-26/h6-8,11-12,14-21,30-35H,4-5,9-10,13,22H2,1-3H3,(H,41,42)/t30?,31?,32?,33?,34-,35+/m0/s1. The minimum absolute atomic E-state index is 0.0862. The van der Waals surface area contributed by atoms with E-state index in [1.165, 1.54) is 11.8 Å². The molecule has 2 amide bonds. The van der Waals surface area contributed by atoms with Crippen LogP contribution in [0.4, 0.5) is 0 Å². The minimum Gasteiger partial charge on any atom is -0.497 e. The topological polar surface area (TPSA) is 138 Å². The molecule has 0 aliphatic carbocycles. The summed E-state index contributed by atoms with van der Waals surface area (Å²) < 4.78 is 30.5. The second-order valence-corrected chi connectivity index (χ2v) is 12.7. The van der Waals surface area contributed by atoms with Crippen LogP contribution in [0, 0.1) is 11.8 Å². The van der Waals surface area contributed by atoms with E-state index in [1.54, 1.807) is 14.2 Å². The van der Waals surface area contributed by atoms with Gasteiger partial charge < -0.3 is 28.8 Å². The SMILES string of the molecule is COc1ccc(C(O[C@@H]2C3OC(C4C(=O)N(CCCCCCC(=O)O)C(=O)C43)[C@@H]2OC(C)=O)(c2ccccc2)c2ccc(OC)cc2)cc1. The van der Waals surface area contributed by atoms with Crippen molar-refractivity contribution in [2.45, 2.75) is 69.0 Å². The fraction of sp³-hybridized carbons (Fsp3) is 0.421. The van der Waals surface area contributed by atoms with Crippen molar-refractivity contribution in [2.75, 3.05) is 20.8 Å². The molecule has 11 nitrogen and oxygen atoms in total. The number of carboxylic acid groups (broad SMARTS) is 1. The number of carbonyl (C=O) groups is 4. The summed E-state index contributed by atoms with van der Waals surface area (Å²) in [6.45, 7) is 1.53. The number of benzene rings is 3. The zero-order chi connectivity index (χ0) is 34.7. The first-order valence-electron chi connectivity index (χ1n) is 16.6. The third kappa shape index (κ3) is 6.40. The maximum Gasteiger partial charge on any atom is 0.303 e. The smallest absolute Gasteiger partial charge is 0.303 e. The van der Waals surface area contributed by atoms with Gasteiger partial charge in [0.05, 0.1) is 26.1 Å². The molecule has 3 aliphatic rings. The number of rotatable bonds is 15. The Balaban J connectivity index is 1.38. The average molecular weight is 672 g/mol. The number of hydrogen-bond acceptors (Lipinski definition) is 9. The largest absolute Gasteiger partial charge is 0.497 e. The molecule has 0 saturated carbocycles. The van der Waals surface area contributed by atoms with Crippen LogP contribution in [0.5, 0.6) is 11.5 Å². The molecule has 3 aromatic rings. The quantitative estimate of drug-likeness (QED) is 0.105. The Kier molecular flexibility index (Phi) is 10.0. The van der Waals surface area contributed by atoms with Gasteiger partial charge in [0, 0.05) is 19.9 Å². The number of hydrogen-bond donors (Lipinski definition) is 1. The van der Waals surface area contributed by atoms with Gasteiger partial charge in [-0.3, -0.25) is 24.1 Å². The normalized spacial score (nSPS) is 24.2. The molecular formula is C38H41NO10. The number of likely N-dealkylation sites (tertiary alicyclic amines) is 1. The number of nitrogens with zero attached hydrogens (tertiary/aromatic N) is 1. The van der Waals surface area contributed by atoms with Crippen molar-refractivity contribution >= 4 is 23.8 Å². The van der Waals surface area contributed by atoms with Gasteiger partial charge >= 0.3 is 11.9 Å². The highest BCUT2D eigenvalue weighted by atomic mass is 16.6. The molecule has 3 aromatic carbocycles. The van der Waals surface area contributed by atoms with Gasteiger partial charge in [-0.2, -0.15) is 0 Å². The van der Waals surface area contributed by atoms with Gasteiger partial charge in [-0.1, -0.05) is 67.4 Å². The van der Waals surface area contributed by atoms with E-state index in [-0.39, 0.29) is 24.8 Å². The summed E-state index contributed by atoms with van der Waals surface area (Å²) in [5.41, 5.74) is 1.01. The lowest BCUT2D eigenvalue weighted by Gasteiger charge is -2.42. The molecule has 258 valence electrons. The van der Waals surface area contributed by atoms with E-state index in [0.717, 1.165) is 16.7 Å². The highest BCUT2D eigenvalue weighted by Gasteiger charge is 2.71. The van der Waals surface area contributed by atoms with E-state index in [4.69, 9.17) is 28.8 Å². The second kappa shape index (κ2) is 14.4. The first-order chi connectivity index (χ1) is 23.7. The summed E-state index contributed by atoms with van der Waals surface area (Å²) >= 11 is 0. The first-order valence-corrected chi connectivity index (χ1v) is 16.6. The van der Waals surface area contributed by atoms with Crippen molar-refractivity contribution in [1.82, 2.24) is 4.90 Å². The Labute approximate surface area is 285 Å². The molecule has 0 spiro atoms. The molecule has 4 unspecified atom stereocenters. The molecule has 0 aromatic heterocycles. The molecule has 0 radical (unpaired) electrons. The van der Waals surface area contributed by atoms with Crippen molar-refractivity contribution in [1.29, 1.82) is 0 Å². The highest BCUT2D eigenvalue weighted by Crippen LogP contribution is 2.54. The van der Waals surface area contributed by atoms with Crippen LogP contribution in [0.1, 0.15) is 55.7 Å². The molecule has 6 atom stereocenters. The Morgan fingerprint density at radius 1 is 0.735 bits per heavy atom.